The van der Waals surface area contributed by atoms with E-state index in [1.807, 2.05) is 108 Å². The molecule has 1 atom stereocenters. The Morgan fingerprint density at radius 2 is 1.54 bits per heavy atom. The molecule has 0 aliphatic carbocycles. The van der Waals surface area contributed by atoms with Crippen molar-refractivity contribution in [1.82, 2.24) is 4.98 Å². The lowest BCUT2D eigenvalue weighted by Gasteiger charge is -2.16. The molecule has 1 unspecified atom stereocenters. The highest BCUT2D eigenvalue weighted by Crippen LogP contribution is 2.37. The van der Waals surface area contributed by atoms with E-state index in [9.17, 15) is 9.59 Å². The molecule has 0 aliphatic rings. The molecule has 2 N–H and O–H groups in total. The van der Waals surface area contributed by atoms with Crippen LogP contribution < -0.4 is 10.6 Å². The van der Waals surface area contributed by atoms with Gasteiger partial charge in [0.25, 0.3) is 0 Å². The van der Waals surface area contributed by atoms with Crippen LogP contribution in [0.15, 0.2) is 113 Å². The van der Waals surface area contributed by atoms with Gasteiger partial charge in [0.2, 0.25) is 11.8 Å². The van der Waals surface area contributed by atoms with E-state index in [4.69, 9.17) is 0 Å². The molecule has 0 radical (unpaired) electrons. The minimum absolute atomic E-state index is 0.0708. The minimum atomic E-state index is -0.464. The van der Waals surface area contributed by atoms with E-state index in [0.717, 1.165) is 32.3 Å². The first-order valence-corrected chi connectivity index (χ1v) is 14.2. The van der Waals surface area contributed by atoms with Crippen molar-refractivity contribution in [3.8, 4) is 10.6 Å². The van der Waals surface area contributed by atoms with Crippen LogP contribution in [0.1, 0.15) is 16.4 Å². The van der Waals surface area contributed by atoms with E-state index in [1.165, 1.54) is 23.1 Å². The summed E-state index contributed by atoms with van der Waals surface area (Å²) < 4.78 is 0. The molecule has 0 spiro atoms. The van der Waals surface area contributed by atoms with E-state index < -0.39 is 5.25 Å². The zero-order valence-corrected chi connectivity index (χ0v) is 22.1. The first-order valence-electron chi connectivity index (χ1n) is 11.6. The van der Waals surface area contributed by atoms with Crippen LogP contribution in [0.3, 0.4) is 0 Å². The van der Waals surface area contributed by atoms with Gasteiger partial charge in [0.1, 0.15) is 5.25 Å². The average molecular weight is 542 g/mol. The number of amides is 2. The molecular weight excluding hydrogens is 519 g/mol. The van der Waals surface area contributed by atoms with Crippen molar-refractivity contribution < 1.29 is 9.59 Å². The van der Waals surface area contributed by atoms with Gasteiger partial charge in [0, 0.05) is 16.0 Å². The summed E-state index contributed by atoms with van der Waals surface area (Å²) in [6.07, 6.45) is 0.318. The van der Waals surface area contributed by atoms with Gasteiger partial charge in [0.05, 0.1) is 17.0 Å². The van der Waals surface area contributed by atoms with Crippen molar-refractivity contribution in [3.05, 3.63) is 119 Å². The van der Waals surface area contributed by atoms with Gasteiger partial charge in [-0.25, -0.2) is 4.98 Å². The first-order chi connectivity index (χ1) is 18.1. The second-order valence-electron chi connectivity index (χ2n) is 8.15. The summed E-state index contributed by atoms with van der Waals surface area (Å²) in [5.41, 5.74) is 3.45. The number of nitrogens with zero attached hydrogens (tertiary/aromatic N) is 1. The summed E-state index contributed by atoms with van der Waals surface area (Å²) in [6, 6.07) is 30.9. The molecule has 2 aromatic heterocycles. The minimum Gasteiger partial charge on any atom is -0.326 e. The van der Waals surface area contributed by atoms with Gasteiger partial charge in [0.15, 0.2) is 5.13 Å². The molecule has 8 heteroatoms. The molecule has 2 heterocycles. The molecule has 0 bridgehead atoms. The first kappa shape index (κ1) is 25.0. The Morgan fingerprint density at radius 3 is 2.24 bits per heavy atom. The Bertz CT molecular complexity index is 1450. The van der Waals surface area contributed by atoms with Crippen molar-refractivity contribution >= 4 is 57.1 Å². The number of nitrogens with one attached hydrogen (secondary N) is 2. The fourth-order valence-corrected chi connectivity index (χ4v) is 6.18. The number of aromatic nitrogens is 1. The number of hydrogen-bond donors (Lipinski definition) is 2. The highest BCUT2D eigenvalue weighted by atomic mass is 32.2. The number of carbonyl (C=O) groups is 2. The van der Waals surface area contributed by atoms with Crippen molar-refractivity contribution in [3.63, 3.8) is 0 Å². The summed E-state index contributed by atoms with van der Waals surface area (Å²) >= 11 is 4.49. The topological polar surface area (TPSA) is 71.1 Å². The molecule has 0 aliphatic heterocycles. The van der Waals surface area contributed by atoms with E-state index in [1.54, 1.807) is 11.3 Å². The Hall–Kier alpha value is -3.72. The van der Waals surface area contributed by atoms with Crippen molar-refractivity contribution in [1.29, 1.82) is 0 Å². The number of anilines is 2. The quantitative estimate of drug-likeness (QED) is 0.189. The highest BCUT2D eigenvalue weighted by molar-refractivity contribution is 8.00. The number of hydrogen-bond acceptors (Lipinski definition) is 6. The molecule has 184 valence electrons. The van der Waals surface area contributed by atoms with Gasteiger partial charge >= 0.3 is 0 Å². The van der Waals surface area contributed by atoms with Crippen molar-refractivity contribution in [2.75, 3.05) is 10.6 Å². The second kappa shape index (κ2) is 12.0. The van der Waals surface area contributed by atoms with E-state index in [2.05, 4.69) is 15.6 Å². The molecule has 0 saturated heterocycles. The Balaban J connectivity index is 1.26. The van der Waals surface area contributed by atoms with Crippen molar-refractivity contribution in [2.45, 2.75) is 16.6 Å². The van der Waals surface area contributed by atoms with Gasteiger partial charge in [-0.15, -0.1) is 34.4 Å². The zero-order chi connectivity index (χ0) is 25.5. The molecule has 37 heavy (non-hydrogen) atoms. The number of thiazole rings is 1. The Morgan fingerprint density at radius 1 is 0.811 bits per heavy atom. The normalized spacial score (nSPS) is 11.6. The maximum absolute atomic E-state index is 13.4. The summed E-state index contributed by atoms with van der Waals surface area (Å²) in [5, 5.41) is 10.0. The molecule has 5 rings (SSSR count). The van der Waals surface area contributed by atoms with Crippen LogP contribution in [0.2, 0.25) is 0 Å². The van der Waals surface area contributed by atoms with Gasteiger partial charge in [-0.05, 0) is 46.8 Å². The Kier molecular flexibility index (Phi) is 8.10. The summed E-state index contributed by atoms with van der Waals surface area (Å²) in [6.45, 7) is 0. The summed E-state index contributed by atoms with van der Waals surface area (Å²) in [4.78, 5) is 32.4. The molecule has 5 aromatic rings. The summed E-state index contributed by atoms with van der Waals surface area (Å²) in [7, 11) is 0. The SMILES string of the molecule is O=C(Cc1ccccc1)Nc1ccc(SC(C(=O)Nc2nc(-c3cccs3)cs2)c2ccccc2)cc1. The molecule has 3 aromatic carbocycles. The third-order valence-corrected chi connectivity index (χ3v) is 8.36. The van der Waals surface area contributed by atoms with Crippen LogP contribution in [0.4, 0.5) is 10.8 Å². The maximum atomic E-state index is 13.4. The maximum Gasteiger partial charge on any atom is 0.244 e. The zero-order valence-electron chi connectivity index (χ0n) is 19.7. The lowest BCUT2D eigenvalue weighted by molar-refractivity contribution is -0.116. The largest absolute Gasteiger partial charge is 0.326 e. The van der Waals surface area contributed by atoms with Crippen LogP contribution in [-0.2, 0) is 16.0 Å². The smallest absolute Gasteiger partial charge is 0.244 e. The number of thioether (sulfide) groups is 1. The standard InChI is InChI=1S/C29H23N3O2S3/c33-26(18-20-8-3-1-4-9-20)30-22-13-15-23(16-14-22)37-27(21-10-5-2-6-11-21)28(34)32-29-31-24(19-36-29)25-12-7-17-35-25/h1-17,19,27H,18H2,(H,30,33)(H,31,32,34). The summed E-state index contributed by atoms with van der Waals surface area (Å²) in [5.74, 6) is -0.206. The second-order valence-corrected chi connectivity index (χ2v) is 11.1. The van der Waals surface area contributed by atoms with Crippen LogP contribution in [0.25, 0.3) is 10.6 Å². The monoisotopic (exact) mass is 541 g/mol. The average Bonchev–Trinajstić information content (AvgIpc) is 3.62. The van der Waals surface area contributed by atoms with Crippen LogP contribution in [-0.4, -0.2) is 16.8 Å². The lowest BCUT2D eigenvalue weighted by Crippen LogP contribution is -2.19. The Labute approximate surface area is 227 Å². The predicted molar refractivity (Wildman–Crippen MR) is 154 cm³/mol. The number of carbonyl (C=O) groups excluding carboxylic acids is 2. The fraction of sp³-hybridized carbons (Fsp3) is 0.0690. The van der Waals surface area contributed by atoms with E-state index >= 15 is 0 Å². The molecule has 0 saturated carbocycles. The predicted octanol–water partition coefficient (Wildman–Crippen LogP) is 7.52. The number of benzene rings is 3. The molecule has 0 fully saturated rings. The highest BCUT2D eigenvalue weighted by Gasteiger charge is 2.23. The van der Waals surface area contributed by atoms with Gasteiger partial charge < -0.3 is 10.6 Å². The molecular formula is C29H23N3O2S3. The van der Waals surface area contributed by atoms with Gasteiger partial charge in [-0.2, -0.15) is 0 Å². The number of rotatable bonds is 9. The van der Waals surface area contributed by atoms with Crippen LogP contribution in [0, 0.1) is 0 Å². The van der Waals surface area contributed by atoms with Crippen LogP contribution in [0.5, 0.6) is 0 Å². The van der Waals surface area contributed by atoms with Gasteiger partial charge in [-0.1, -0.05) is 66.7 Å². The lowest BCUT2D eigenvalue weighted by atomic mass is 10.1. The van der Waals surface area contributed by atoms with E-state index in [-0.39, 0.29) is 11.8 Å². The molecule has 5 nitrogen and oxygen atoms in total. The molecule has 2 amide bonds. The van der Waals surface area contributed by atoms with Gasteiger partial charge in [-0.3, -0.25) is 9.59 Å². The van der Waals surface area contributed by atoms with E-state index in [0.29, 0.717) is 11.6 Å². The fourth-order valence-electron chi connectivity index (χ4n) is 3.68. The third kappa shape index (κ3) is 6.74. The van der Waals surface area contributed by atoms with Crippen LogP contribution >= 0.6 is 34.4 Å². The third-order valence-electron chi connectivity index (χ3n) is 5.45. The number of thiophene rings is 1. The van der Waals surface area contributed by atoms with Crippen molar-refractivity contribution in [2.24, 2.45) is 0 Å².